The number of unbranched alkanes of at least 4 members (excludes halogenated alkanes) is 1. The van der Waals surface area contributed by atoms with Crippen LogP contribution in [-0.2, 0) is 10.2 Å². The summed E-state index contributed by atoms with van der Waals surface area (Å²) in [5, 5.41) is 5.16. The van der Waals surface area contributed by atoms with Gasteiger partial charge in [-0.25, -0.2) is 0 Å². The zero-order chi connectivity index (χ0) is 20.2. The highest BCUT2D eigenvalue weighted by Crippen LogP contribution is 2.51. The third-order valence-corrected chi connectivity index (χ3v) is 5.17. The first kappa shape index (κ1) is 20.0. The molecule has 1 aliphatic rings. The van der Waals surface area contributed by atoms with Crippen molar-refractivity contribution in [3.05, 3.63) is 72.4 Å². The Morgan fingerprint density at radius 2 is 1.57 bits per heavy atom. The number of fused-ring (bicyclic) bond motifs is 3. The van der Waals surface area contributed by atoms with E-state index in [9.17, 15) is 18.0 Å². The van der Waals surface area contributed by atoms with Gasteiger partial charge in [-0.1, -0.05) is 55.1 Å². The van der Waals surface area contributed by atoms with Crippen LogP contribution in [0.25, 0.3) is 11.1 Å². The minimum Gasteiger partial charge on any atom is -0.391 e. The molecule has 6 heteroatoms. The zero-order valence-corrected chi connectivity index (χ0v) is 15.5. The number of rotatable bonds is 8. The maximum atomic E-state index is 13.2. The lowest BCUT2D eigenvalue weighted by Crippen LogP contribution is -2.47. The monoisotopic (exact) mass is 388 g/mol. The van der Waals surface area contributed by atoms with Crippen molar-refractivity contribution in [3.63, 3.8) is 0 Å². The van der Waals surface area contributed by atoms with Crippen LogP contribution in [-0.4, -0.2) is 25.2 Å². The molecule has 0 saturated carbocycles. The largest absolute Gasteiger partial charge is 0.405 e. The average molecular weight is 388 g/mol. The van der Waals surface area contributed by atoms with Crippen LogP contribution in [0.5, 0.6) is 0 Å². The Morgan fingerprint density at radius 1 is 1.00 bits per heavy atom. The van der Waals surface area contributed by atoms with E-state index < -0.39 is 24.0 Å². The van der Waals surface area contributed by atoms with Crippen LogP contribution in [0.3, 0.4) is 0 Å². The summed E-state index contributed by atoms with van der Waals surface area (Å²) in [6, 6.07) is 15.0. The van der Waals surface area contributed by atoms with Crippen molar-refractivity contribution < 1.29 is 18.0 Å². The van der Waals surface area contributed by atoms with Crippen molar-refractivity contribution in [2.45, 2.75) is 30.9 Å². The number of carbonyl (C=O) groups is 1. The second-order valence-corrected chi connectivity index (χ2v) is 6.91. The second kappa shape index (κ2) is 8.09. The molecule has 3 nitrogen and oxygen atoms in total. The number of carbonyl (C=O) groups excluding carboxylic acids is 1. The minimum atomic E-state index is -4.46. The molecule has 0 aromatic heterocycles. The third kappa shape index (κ3) is 3.77. The van der Waals surface area contributed by atoms with Gasteiger partial charge in [-0.05, 0) is 47.7 Å². The van der Waals surface area contributed by atoms with E-state index in [1.165, 1.54) is 0 Å². The van der Waals surface area contributed by atoms with Crippen LogP contribution >= 0.6 is 0 Å². The van der Waals surface area contributed by atoms with Gasteiger partial charge in [0.2, 0.25) is 5.91 Å². The van der Waals surface area contributed by atoms with Gasteiger partial charge in [-0.15, -0.1) is 0 Å². The lowest BCUT2D eigenvalue weighted by Gasteiger charge is -2.31. The maximum Gasteiger partial charge on any atom is 0.405 e. The molecule has 0 heterocycles. The predicted octanol–water partition coefficient (Wildman–Crippen LogP) is 4.54. The van der Waals surface area contributed by atoms with Crippen molar-refractivity contribution in [1.29, 1.82) is 0 Å². The summed E-state index contributed by atoms with van der Waals surface area (Å²) in [7, 11) is 0. The Balaban J connectivity index is 2.01. The standard InChI is InChI=1S/C22H23F3N2O/c1-2-26-14-8-7-13-21(20(28)27-15-22(23,24)25)18-11-5-3-9-16(18)17-10-4-6-12-19(17)21/h2-6,9-12,26H,1,7-8,13-15H2,(H,27,28). The molecule has 0 spiro atoms. The summed E-state index contributed by atoms with van der Waals surface area (Å²) < 4.78 is 38.3. The number of hydrogen-bond acceptors (Lipinski definition) is 2. The van der Waals surface area contributed by atoms with E-state index in [0.29, 0.717) is 19.4 Å². The first-order valence-corrected chi connectivity index (χ1v) is 9.29. The number of benzene rings is 2. The van der Waals surface area contributed by atoms with E-state index in [1.807, 2.05) is 48.5 Å². The molecule has 1 amide bonds. The Morgan fingerprint density at radius 3 is 2.11 bits per heavy atom. The van der Waals surface area contributed by atoms with Crippen molar-refractivity contribution in [1.82, 2.24) is 10.6 Å². The molecule has 2 N–H and O–H groups in total. The van der Waals surface area contributed by atoms with Gasteiger partial charge in [0.25, 0.3) is 0 Å². The van der Waals surface area contributed by atoms with Crippen molar-refractivity contribution in [2.75, 3.05) is 13.1 Å². The summed E-state index contributed by atoms with van der Waals surface area (Å²) in [6.45, 7) is 2.97. The number of amides is 1. The summed E-state index contributed by atoms with van der Waals surface area (Å²) in [5.41, 5.74) is 2.24. The summed E-state index contributed by atoms with van der Waals surface area (Å²) in [5.74, 6) is -0.598. The quantitative estimate of drug-likeness (QED) is 0.652. The van der Waals surface area contributed by atoms with Crippen molar-refractivity contribution >= 4 is 5.91 Å². The molecule has 0 atom stereocenters. The third-order valence-electron chi connectivity index (χ3n) is 5.17. The van der Waals surface area contributed by atoms with E-state index in [2.05, 4.69) is 17.2 Å². The van der Waals surface area contributed by atoms with Crippen LogP contribution < -0.4 is 10.6 Å². The van der Waals surface area contributed by atoms with Gasteiger partial charge in [-0.3, -0.25) is 4.79 Å². The molecule has 0 saturated heterocycles. The van der Waals surface area contributed by atoms with Gasteiger partial charge in [0.05, 0.1) is 0 Å². The first-order valence-electron chi connectivity index (χ1n) is 9.29. The van der Waals surface area contributed by atoms with Gasteiger partial charge >= 0.3 is 6.18 Å². The molecule has 148 valence electrons. The summed E-state index contributed by atoms with van der Waals surface area (Å²) in [4.78, 5) is 13.2. The van der Waals surface area contributed by atoms with Gasteiger partial charge < -0.3 is 10.6 Å². The molecule has 0 bridgehead atoms. The van der Waals surface area contributed by atoms with Crippen LogP contribution in [0.4, 0.5) is 13.2 Å². The number of halogens is 3. The molecule has 0 aliphatic heterocycles. The van der Waals surface area contributed by atoms with Gasteiger partial charge in [0.1, 0.15) is 12.0 Å². The van der Waals surface area contributed by atoms with Crippen LogP contribution in [0.2, 0.25) is 0 Å². The molecule has 0 fully saturated rings. The van der Waals surface area contributed by atoms with E-state index in [4.69, 9.17) is 0 Å². The van der Waals surface area contributed by atoms with E-state index in [-0.39, 0.29) is 0 Å². The Hall–Kier alpha value is -2.76. The molecular weight excluding hydrogens is 365 g/mol. The topological polar surface area (TPSA) is 41.1 Å². The van der Waals surface area contributed by atoms with Gasteiger partial charge in [0, 0.05) is 6.54 Å². The SMILES string of the molecule is C=CNCCCCC1(C(=O)NCC(F)(F)F)c2ccccc2-c2ccccc21. The highest BCUT2D eigenvalue weighted by atomic mass is 19.4. The minimum absolute atomic E-state index is 0.434. The van der Waals surface area contributed by atoms with Gasteiger partial charge in [-0.2, -0.15) is 13.2 Å². The molecule has 0 radical (unpaired) electrons. The van der Waals surface area contributed by atoms with E-state index in [0.717, 1.165) is 28.7 Å². The maximum absolute atomic E-state index is 13.2. The lowest BCUT2D eigenvalue weighted by molar-refractivity contribution is -0.141. The highest BCUT2D eigenvalue weighted by molar-refractivity contribution is 6.00. The second-order valence-electron chi connectivity index (χ2n) is 6.91. The molecule has 28 heavy (non-hydrogen) atoms. The smallest absolute Gasteiger partial charge is 0.391 e. The normalized spacial score (nSPS) is 14.1. The molecule has 3 rings (SSSR count). The van der Waals surface area contributed by atoms with Gasteiger partial charge in [0.15, 0.2) is 0 Å². The van der Waals surface area contributed by atoms with Crippen molar-refractivity contribution in [2.24, 2.45) is 0 Å². The van der Waals surface area contributed by atoms with Crippen LogP contribution in [0.15, 0.2) is 61.3 Å². The fourth-order valence-electron chi connectivity index (χ4n) is 4.00. The molecule has 2 aromatic carbocycles. The van der Waals surface area contributed by atoms with E-state index >= 15 is 0 Å². The zero-order valence-electron chi connectivity index (χ0n) is 15.5. The van der Waals surface area contributed by atoms with Crippen LogP contribution in [0, 0.1) is 0 Å². The number of nitrogens with one attached hydrogen (secondary N) is 2. The average Bonchev–Trinajstić information content (AvgIpc) is 2.97. The Bertz CT molecular complexity index is 815. The predicted molar refractivity (Wildman–Crippen MR) is 104 cm³/mol. The summed E-state index contributed by atoms with van der Waals surface area (Å²) in [6.07, 6.45) is -0.953. The van der Waals surface area contributed by atoms with E-state index in [1.54, 1.807) is 6.20 Å². The molecule has 2 aromatic rings. The Kier molecular flexibility index (Phi) is 5.77. The lowest BCUT2D eigenvalue weighted by atomic mass is 9.73. The molecule has 1 aliphatic carbocycles. The first-order chi connectivity index (χ1) is 13.4. The highest BCUT2D eigenvalue weighted by Gasteiger charge is 2.49. The van der Waals surface area contributed by atoms with Crippen molar-refractivity contribution in [3.8, 4) is 11.1 Å². The summed E-state index contributed by atoms with van der Waals surface area (Å²) >= 11 is 0. The number of hydrogen-bond donors (Lipinski definition) is 2. The number of alkyl halides is 3. The fourth-order valence-corrected chi connectivity index (χ4v) is 4.00. The van der Waals surface area contributed by atoms with Crippen LogP contribution in [0.1, 0.15) is 30.4 Å². The molecule has 0 unspecified atom stereocenters. The Labute approximate surface area is 162 Å². The molecular formula is C22H23F3N2O. The fraction of sp³-hybridized carbons (Fsp3) is 0.318.